The molecule has 0 spiro atoms. The zero-order valence-electron chi connectivity index (χ0n) is 10.3. The lowest BCUT2D eigenvalue weighted by Crippen LogP contribution is -2.25. The second-order valence-electron chi connectivity index (χ2n) is 4.76. The number of rotatable bonds is 5. The van der Waals surface area contributed by atoms with Crippen LogP contribution in [0.4, 0.5) is 0 Å². The highest BCUT2D eigenvalue weighted by Crippen LogP contribution is 2.26. The van der Waals surface area contributed by atoms with Crippen LogP contribution >= 0.6 is 0 Å². The predicted molar refractivity (Wildman–Crippen MR) is 66.5 cm³/mol. The molecule has 1 heterocycles. The molecule has 16 heavy (non-hydrogen) atoms. The first-order valence-corrected chi connectivity index (χ1v) is 5.56. The highest BCUT2D eigenvalue weighted by molar-refractivity contribution is 5.98. The van der Waals surface area contributed by atoms with Crippen LogP contribution < -0.4 is 0 Å². The molecule has 1 rings (SSSR count). The first-order valence-electron chi connectivity index (χ1n) is 5.56. The molecule has 0 saturated heterocycles. The summed E-state index contributed by atoms with van der Waals surface area (Å²) in [5.74, 6) is 0.106. The van der Waals surface area contributed by atoms with E-state index in [0.29, 0.717) is 5.69 Å². The zero-order valence-corrected chi connectivity index (χ0v) is 10.3. The first kappa shape index (κ1) is 12.6. The van der Waals surface area contributed by atoms with Gasteiger partial charge in [-0.1, -0.05) is 26.0 Å². The topological polar surface area (TPSA) is 30.0 Å². The summed E-state index contributed by atoms with van der Waals surface area (Å²) in [6.45, 7) is 9.56. The third-order valence-corrected chi connectivity index (χ3v) is 2.73. The van der Waals surface area contributed by atoms with Crippen molar-refractivity contribution in [2.75, 3.05) is 0 Å². The maximum atomic E-state index is 12.2. The molecule has 2 nitrogen and oxygen atoms in total. The summed E-state index contributed by atoms with van der Waals surface area (Å²) in [7, 11) is 0. The van der Waals surface area contributed by atoms with Gasteiger partial charge in [0.25, 0.3) is 0 Å². The Morgan fingerprint density at radius 1 is 1.50 bits per heavy atom. The molecule has 0 saturated carbocycles. The Kier molecular flexibility index (Phi) is 3.99. The SMILES string of the molecule is C=CCCC(C)(C)C(=O)c1ccc(C)cn1. The standard InChI is InChI=1S/C14H19NO/c1-5-6-9-14(3,4)13(16)12-8-7-11(2)10-15-12/h5,7-8,10H,1,6,9H2,2-4H3. The third kappa shape index (κ3) is 3.02. The average Bonchev–Trinajstić information content (AvgIpc) is 2.26. The predicted octanol–water partition coefficient (Wildman–Crippen LogP) is 3.57. The molecule has 0 fully saturated rings. The van der Waals surface area contributed by atoms with Gasteiger partial charge in [-0.3, -0.25) is 9.78 Å². The lowest BCUT2D eigenvalue weighted by molar-refractivity contribution is 0.0822. The minimum absolute atomic E-state index is 0.106. The molecule has 0 aliphatic heterocycles. The van der Waals surface area contributed by atoms with Crippen molar-refractivity contribution >= 4 is 5.78 Å². The van der Waals surface area contributed by atoms with Gasteiger partial charge >= 0.3 is 0 Å². The number of hydrogen-bond donors (Lipinski definition) is 0. The van der Waals surface area contributed by atoms with E-state index in [9.17, 15) is 4.79 Å². The van der Waals surface area contributed by atoms with E-state index in [1.54, 1.807) is 12.3 Å². The highest BCUT2D eigenvalue weighted by Gasteiger charge is 2.28. The van der Waals surface area contributed by atoms with E-state index in [1.165, 1.54) is 0 Å². The Morgan fingerprint density at radius 2 is 2.19 bits per heavy atom. The number of ketones is 1. The van der Waals surface area contributed by atoms with Gasteiger partial charge in [0, 0.05) is 11.6 Å². The van der Waals surface area contributed by atoms with Crippen LogP contribution in [0.25, 0.3) is 0 Å². The largest absolute Gasteiger partial charge is 0.292 e. The Bertz CT molecular complexity index is 376. The van der Waals surface area contributed by atoms with Crippen molar-refractivity contribution in [3.05, 3.63) is 42.2 Å². The molecule has 1 aromatic rings. The van der Waals surface area contributed by atoms with Gasteiger partial charge in [0.15, 0.2) is 5.78 Å². The van der Waals surface area contributed by atoms with Gasteiger partial charge in [0.1, 0.15) is 5.69 Å². The van der Waals surface area contributed by atoms with Crippen molar-refractivity contribution in [2.45, 2.75) is 33.6 Å². The molecule has 86 valence electrons. The number of carbonyl (C=O) groups is 1. The molecule has 0 amide bonds. The van der Waals surface area contributed by atoms with Crippen molar-refractivity contribution in [2.24, 2.45) is 5.41 Å². The number of Topliss-reactive ketones (excluding diaryl/α,β-unsaturated/α-hetero) is 1. The van der Waals surface area contributed by atoms with E-state index < -0.39 is 0 Å². The average molecular weight is 217 g/mol. The van der Waals surface area contributed by atoms with Crippen LogP contribution in [0.5, 0.6) is 0 Å². The molecule has 0 radical (unpaired) electrons. The Hall–Kier alpha value is -1.44. The molecular formula is C14H19NO. The molecule has 0 aliphatic carbocycles. The van der Waals surface area contributed by atoms with Gasteiger partial charge in [-0.25, -0.2) is 0 Å². The van der Waals surface area contributed by atoms with Gasteiger partial charge in [0.05, 0.1) is 0 Å². The minimum atomic E-state index is -0.365. The highest BCUT2D eigenvalue weighted by atomic mass is 16.1. The monoisotopic (exact) mass is 217 g/mol. The number of hydrogen-bond acceptors (Lipinski definition) is 2. The van der Waals surface area contributed by atoms with Crippen LogP contribution in [0.3, 0.4) is 0 Å². The number of pyridine rings is 1. The number of allylic oxidation sites excluding steroid dienone is 1. The number of aromatic nitrogens is 1. The fraction of sp³-hybridized carbons (Fsp3) is 0.429. The Morgan fingerprint density at radius 3 is 2.69 bits per heavy atom. The number of carbonyl (C=O) groups excluding carboxylic acids is 1. The van der Waals surface area contributed by atoms with Gasteiger partial charge in [0.2, 0.25) is 0 Å². The lowest BCUT2D eigenvalue weighted by Gasteiger charge is -2.21. The molecule has 0 bridgehead atoms. The van der Waals surface area contributed by atoms with Crippen LogP contribution in [0.15, 0.2) is 31.0 Å². The van der Waals surface area contributed by atoms with Crippen molar-refractivity contribution in [3.8, 4) is 0 Å². The summed E-state index contributed by atoms with van der Waals surface area (Å²) in [4.78, 5) is 16.4. The quantitative estimate of drug-likeness (QED) is 0.557. The Balaban J connectivity index is 2.84. The number of aryl methyl sites for hydroxylation is 1. The first-order chi connectivity index (χ1) is 7.47. The van der Waals surface area contributed by atoms with E-state index in [2.05, 4.69) is 11.6 Å². The van der Waals surface area contributed by atoms with E-state index in [1.807, 2.05) is 32.9 Å². The van der Waals surface area contributed by atoms with Gasteiger partial charge in [-0.05, 0) is 31.4 Å². The molecule has 1 aromatic heterocycles. The van der Waals surface area contributed by atoms with Crippen molar-refractivity contribution in [3.63, 3.8) is 0 Å². The summed E-state index contributed by atoms with van der Waals surface area (Å²) in [5, 5.41) is 0. The molecule has 0 unspecified atom stereocenters. The van der Waals surface area contributed by atoms with Crippen molar-refractivity contribution in [1.29, 1.82) is 0 Å². The summed E-state index contributed by atoms with van der Waals surface area (Å²) >= 11 is 0. The molecule has 0 aromatic carbocycles. The van der Waals surface area contributed by atoms with E-state index in [0.717, 1.165) is 18.4 Å². The molecule has 0 aliphatic rings. The zero-order chi connectivity index (χ0) is 12.2. The summed E-state index contributed by atoms with van der Waals surface area (Å²) in [6.07, 6.45) is 5.24. The van der Waals surface area contributed by atoms with Crippen LogP contribution in [0.1, 0.15) is 42.7 Å². The third-order valence-electron chi connectivity index (χ3n) is 2.73. The normalized spacial score (nSPS) is 11.2. The van der Waals surface area contributed by atoms with Gasteiger partial charge in [-0.15, -0.1) is 6.58 Å². The van der Waals surface area contributed by atoms with Gasteiger partial charge < -0.3 is 0 Å². The van der Waals surface area contributed by atoms with Crippen molar-refractivity contribution < 1.29 is 4.79 Å². The second-order valence-corrected chi connectivity index (χ2v) is 4.76. The summed E-state index contributed by atoms with van der Waals surface area (Å²) in [5.41, 5.74) is 1.26. The van der Waals surface area contributed by atoms with E-state index in [-0.39, 0.29) is 11.2 Å². The molecule has 0 N–H and O–H groups in total. The van der Waals surface area contributed by atoms with Crippen LogP contribution in [-0.4, -0.2) is 10.8 Å². The van der Waals surface area contributed by atoms with E-state index in [4.69, 9.17) is 0 Å². The van der Waals surface area contributed by atoms with Gasteiger partial charge in [-0.2, -0.15) is 0 Å². The smallest absolute Gasteiger partial charge is 0.186 e. The van der Waals surface area contributed by atoms with Crippen molar-refractivity contribution in [1.82, 2.24) is 4.98 Å². The van der Waals surface area contributed by atoms with Crippen LogP contribution in [0.2, 0.25) is 0 Å². The number of nitrogens with zero attached hydrogens (tertiary/aromatic N) is 1. The molecular weight excluding hydrogens is 198 g/mol. The summed E-state index contributed by atoms with van der Waals surface area (Å²) in [6, 6.07) is 3.72. The molecule has 2 heteroatoms. The molecule has 0 atom stereocenters. The van der Waals surface area contributed by atoms with E-state index >= 15 is 0 Å². The Labute approximate surface area is 97.4 Å². The fourth-order valence-corrected chi connectivity index (χ4v) is 1.53. The lowest BCUT2D eigenvalue weighted by atomic mass is 9.82. The second kappa shape index (κ2) is 5.06. The fourth-order valence-electron chi connectivity index (χ4n) is 1.53. The maximum absolute atomic E-state index is 12.2. The maximum Gasteiger partial charge on any atom is 0.186 e. The summed E-state index contributed by atoms with van der Waals surface area (Å²) < 4.78 is 0. The van der Waals surface area contributed by atoms with Crippen LogP contribution in [-0.2, 0) is 0 Å². The van der Waals surface area contributed by atoms with Crippen LogP contribution in [0, 0.1) is 12.3 Å². The minimum Gasteiger partial charge on any atom is -0.292 e.